The minimum atomic E-state index is -4.18. The second kappa shape index (κ2) is 13.8. The Balaban J connectivity index is 2.05. The van der Waals surface area contributed by atoms with Gasteiger partial charge in [0.2, 0.25) is 11.8 Å². The highest BCUT2D eigenvalue weighted by Gasteiger charge is 2.34. The summed E-state index contributed by atoms with van der Waals surface area (Å²) in [5.74, 6) is -0.841. The molecule has 0 aliphatic heterocycles. The van der Waals surface area contributed by atoms with Crippen molar-refractivity contribution in [3.8, 4) is 0 Å². The zero-order valence-electron chi connectivity index (χ0n) is 22.2. The number of benzene rings is 3. The van der Waals surface area contributed by atoms with Gasteiger partial charge in [-0.25, -0.2) is 8.42 Å². The maximum atomic E-state index is 14.0. The standard InChI is InChI=1S/C29H33Cl2N3O4S/c1-4-18-32-29(36)26(5-2)33(19-22-12-14-23(30)15-13-22)28(35)20-34(27-9-7-6-8-25(27)31)39(37,38)24-16-10-21(3)11-17-24/h6-17,26H,4-5,18-20H2,1-3H3,(H,32,36)/t26-/m1/s1. The van der Waals surface area contributed by atoms with E-state index in [9.17, 15) is 18.0 Å². The fourth-order valence-corrected chi connectivity index (χ4v) is 5.92. The van der Waals surface area contributed by atoms with Crippen molar-refractivity contribution in [3.63, 3.8) is 0 Å². The largest absolute Gasteiger partial charge is 0.354 e. The van der Waals surface area contributed by atoms with Crippen LogP contribution >= 0.6 is 23.2 Å². The van der Waals surface area contributed by atoms with Gasteiger partial charge in [0, 0.05) is 18.1 Å². The molecule has 0 saturated heterocycles. The molecule has 0 aliphatic carbocycles. The summed E-state index contributed by atoms with van der Waals surface area (Å²) in [7, 11) is -4.18. The monoisotopic (exact) mass is 589 g/mol. The van der Waals surface area contributed by atoms with Crippen molar-refractivity contribution in [2.45, 2.75) is 51.1 Å². The minimum Gasteiger partial charge on any atom is -0.354 e. The number of carbonyl (C=O) groups is 2. The maximum Gasteiger partial charge on any atom is 0.264 e. The second-order valence-corrected chi connectivity index (χ2v) is 11.8. The Morgan fingerprint density at radius 1 is 0.923 bits per heavy atom. The van der Waals surface area contributed by atoms with Crippen molar-refractivity contribution in [1.82, 2.24) is 10.2 Å². The van der Waals surface area contributed by atoms with Gasteiger partial charge < -0.3 is 10.2 Å². The Hall–Kier alpha value is -3.07. The van der Waals surface area contributed by atoms with Gasteiger partial charge >= 0.3 is 0 Å². The lowest BCUT2D eigenvalue weighted by Gasteiger charge is -2.33. The van der Waals surface area contributed by atoms with Gasteiger partial charge in [-0.1, -0.05) is 79.0 Å². The average Bonchev–Trinajstić information content (AvgIpc) is 2.92. The Labute approximate surface area is 240 Å². The molecule has 0 aromatic heterocycles. The van der Waals surface area contributed by atoms with Gasteiger partial charge in [-0.3, -0.25) is 13.9 Å². The summed E-state index contributed by atoms with van der Waals surface area (Å²) < 4.78 is 28.7. The van der Waals surface area contributed by atoms with E-state index in [-0.39, 0.29) is 28.1 Å². The first-order valence-electron chi connectivity index (χ1n) is 12.7. The summed E-state index contributed by atoms with van der Waals surface area (Å²) in [6, 6.07) is 19.0. The number of para-hydroxylation sites is 1. The Morgan fingerprint density at radius 3 is 2.15 bits per heavy atom. The number of halogens is 2. The third-order valence-electron chi connectivity index (χ3n) is 6.21. The molecule has 0 radical (unpaired) electrons. The van der Waals surface area contributed by atoms with Crippen molar-refractivity contribution < 1.29 is 18.0 Å². The summed E-state index contributed by atoms with van der Waals surface area (Å²) in [5, 5.41) is 3.58. The smallest absolute Gasteiger partial charge is 0.264 e. The molecular formula is C29H33Cl2N3O4S. The molecule has 10 heteroatoms. The first-order valence-corrected chi connectivity index (χ1v) is 14.9. The highest BCUT2D eigenvalue weighted by Crippen LogP contribution is 2.31. The van der Waals surface area contributed by atoms with Gasteiger partial charge in [0.05, 0.1) is 15.6 Å². The fourth-order valence-electron chi connectivity index (χ4n) is 4.08. The third-order valence-corrected chi connectivity index (χ3v) is 8.56. The van der Waals surface area contributed by atoms with E-state index in [4.69, 9.17) is 23.2 Å². The van der Waals surface area contributed by atoms with Gasteiger partial charge in [-0.2, -0.15) is 0 Å². The van der Waals surface area contributed by atoms with Crippen LogP contribution in [0.2, 0.25) is 10.0 Å². The number of hydrogen-bond acceptors (Lipinski definition) is 4. The van der Waals surface area contributed by atoms with Crippen molar-refractivity contribution in [3.05, 3.63) is 94.0 Å². The van der Waals surface area contributed by atoms with E-state index >= 15 is 0 Å². The van der Waals surface area contributed by atoms with Gasteiger partial charge in [0.15, 0.2) is 0 Å². The van der Waals surface area contributed by atoms with Crippen LogP contribution in [0.15, 0.2) is 77.7 Å². The predicted molar refractivity (Wildman–Crippen MR) is 157 cm³/mol. The summed E-state index contributed by atoms with van der Waals surface area (Å²) in [6.45, 7) is 5.61. The van der Waals surface area contributed by atoms with E-state index in [1.165, 1.54) is 17.0 Å². The van der Waals surface area contributed by atoms with Gasteiger partial charge in [0.1, 0.15) is 12.6 Å². The molecule has 0 unspecified atom stereocenters. The molecule has 0 heterocycles. The van der Waals surface area contributed by atoms with Gasteiger partial charge in [0.25, 0.3) is 10.0 Å². The molecule has 3 aromatic rings. The van der Waals surface area contributed by atoms with Crippen molar-refractivity contribution in [1.29, 1.82) is 0 Å². The lowest BCUT2D eigenvalue weighted by Crippen LogP contribution is -2.52. The molecule has 0 spiro atoms. The van der Waals surface area contributed by atoms with Crippen LogP contribution in [0.1, 0.15) is 37.8 Å². The molecule has 39 heavy (non-hydrogen) atoms. The Kier molecular flexibility index (Phi) is 10.8. The normalized spacial score (nSPS) is 12.0. The van der Waals surface area contributed by atoms with Crippen LogP contribution in [0.3, 0.4) is 0 Å². The lowest BCUT2D eigenvalue weighted by molar-refractivity contribution is -0.140. The van der Waals surface area contributed by atoms with Crippen LogP contribution in [-0.4, -0.2) is 44.3 Å². The number of sulfonamides is 1. The number of nitrogens with one attached hydrogen (secondary N) is 1. The average molecular weight is 591 g/mol. The number of aryl methyl sites for hydroxylation is 1. The van der Waals surface area contributed by atoms with Gasteiger partial charge in [-0.15, -0.1) is 0 Å². The molecule has 2 amide bonds. The zero-order chi connectivity index (χ0) is 28.6. The minimum absolute atomic E-state index is 0.0257. The van der Waals surface area contributed by atoms with Crippen molar-refractivity contribution >= 4 is 50.7 Å². The molecule has 208 valence electrons. The summed E-state index contributed by atoms with van der Waals surface area (Å²) in [4.78, 5) is 28.5. The van der Waals surface area contributed by atoms with E-state index in [0.29, 0.717) is 18.0 Å². The quantitative estimate of drug-likeness (QED) is 0.288. The highest BCUT2D eigenvalue weighted by atomic mass is 35.5. The topological polar surface area (TPSA) is 86.8 Å². The number of carbonyl (C=O) groups excluding carboxylic acids is 2. The fraction of sp³-hybridized carbons (Fsp3) is 0.310. The van der Waals surface area contributed by atoms with Crippen molar-refractivity contribution in [2.24, 2.45) is 0 Å². The SMILES string of the molecule is CCCNC(=O)[C@@H](CC)N(Cc1ccc(Cl)cc1)C(=O)CN(c1ccccc1Cl)S(=O)(=O)c1ccc(C)cc1. The molecule has 0 aliphatic rings. The molecule has 0 bridgehead atoms. The van der Waals surface area contributed by atoms with Crippen LogP contribution in [0.25, 0.3) is 0 Å². The first-order chi connectivity index (χ1) is 18.6. The number of rotatable bonds is 12. The Morgan fingerprint density at radius 2 is 1.56 bits per heavy atom. The molecular weight excluding hydrogens is 557 g/mol. The summed E-state index contributed by atoms with van der Waals surface area (Å²) in [5.41, 5.74) is 1.82. The van der Waals surface area contributed by atoms with Crippen molar-refractivity contribution in [2.75, 3.05) is 17.4 Å². The van der Waals surface area contributed by atoms with Crippen LogP contribution in [-0.2, 0) is 26.2 Å². The molecule has 1 N–H and O–H groups in total. The van der Waals surface area contributed by atoms with Crippen LogP contribution in [0.5, 0.6) is 0 Å². The van der Waals surface area contributed by atoms with Gasteiger partial charge in [-0.05, 0) is 61.7 Å². The summed E-state index contributed by atoms with van der Waals surface area (Å²) >= 11 is 12.5. The highest BCUT2D eigenvalue weighted by molar-refractivity contribution is 7.92. The van der Waals surface area contributed by atoms with E-state index in [1.54, 1.807) is 60.7 Å². The predicted octanol–water partition coefficient (Wildman–Crippen LogP) is 5.83. The lowest BCUT2D eigenvalue weighted by atomic mass is 10.1. The van der Waals surface area contributed by atoms with Crippen LogP contribution in [0, 0.1) is 6.92 Å². The van der Waals surface area contributed by atoms with Crippen LogP contribution in [0.4, 0.5) is 5.69 Å². The molecule has 0 saturated carbocycles. The maximum absolute atomic E-state index is 14.0. The number of amides is 2. The number of hydrogen-bond donors (Lipinski definition) is 1. The van der Waals surface area contributed by atoms with E-state index in [2.05, 4.69) is 5.32 Å². The Bertz CT molecular complexity index is 1380. The molecule has 7 nitrogen and oxygen atoms in total. The molecule has 1 atom stereocenters. The molecule has 0 fully saturated rings. The molecule has 3 rings (SSSR count). The van der Waals surface area contributed by atoms with E-state index in [1.807, 2.05) is 20.8 Å². The van der Waals surface area contributed by atoms with Crippen LogP contribution < -0.4 is 9.62 Å². The number of nitrogens with zero attached hydrogens (tertiary/aromatic N) is 2. The molecule has 3 aromatic carbocycles. The third kappa shape index (κ3) is 7.75. The van der Waals surface area contributed by atoms with E-state index in [0.717, 1.165) is 21.9 Å². The first kappa shape index (κ1) is 30.5. The van der Waals surface area contributed by atoms with E-state index < -0.39 is 28.5 Å². The zero-order valence-corrected chi connectivity index (χ0v) is 24.6. The second-order valence-electron chi connectivity index (χ2n) is 9.14. The summed E-state index contributed by atoms with van der Waals surface area (Å²) in [6.07, 6.45) is 1.08. The number of anilines is 1.